The average molecular weight is 630 g/mol. The number of hydrogen-bond acceptors (Lipinski definition) is 6. The van der Waals surface area contributed by atoms with Crippen molar-refractivity contribution >= 4 is 52.0 Å². The largest absolute Gasteiger partial charge is 0.457 e. The highest BCUT2D eigenvalue weighted by molar-refractivity contribution is 6.32. The zero-order valence-corrected chi connectivity index (χ0v) is 25.0. The number of halogens is 3. The molecule has 0 unspecified atom stereocenters. The van der Waals surface area contributed by atoms with Crippen molar-refractivity contribution in [2.75, 3.05) is 11.1 Å². The van der Waals surface area contributed by atoms with Crippen molar-refractivity contribution in [2.45, 2.75) is 0 Å². The van der Waals surface area contributed by atoms with Gasteiger partial charge < -0.3 is 20.5 Å². The zero-order valence-electron chi connectivity index (χ0n) is 22.8. The van der Waals surface area contributed by atoms with Crippen LogP contribution in [0.3, 0.4) is 0 Å². The van der Waals surface area contributed by atoms with Crippen LogP contribution in [0.4, 0.5) is 17.2 Å². The average Bonchev–Trinajstić information content (AvgIpc) is 3.01. The second-order valence-electron chi connectivity index (χ2n) is 8.68. The van der Waals surface area contributed by atoms with E-state index >= 15 is 0 Å². The first kappa shape index (κ1) is 31.2. The molecule has 0 atom stereocenters. The topological polar surface area (TPSA) is 82.3 Å². The molecule has 0 amide bonds. The van der Waals surface area contributed by atoms with E-state index in [1.165, 1.54) is 0 Å². The number of ether oxygens (including phenoxy) is 2. The van der Waals surface area contributed by atoms with Crippen molar-refractivity contribution < 1.29 is 9.47 Å². The Bertz CT molecular complexity index is 1660. The van der Waals surface area contributed by atoms with Crippen molar-refractivity contribution in [2.24, 2.45) is 0 Å². The minimum absolute atomic E-state index is 0.428. The molecule has 4 aromatic carbocycles. The normalized spacial score (nSPS) is 9.84. The summed E-state index contributed by atoms with van der Waals surface area (Å²) >= 11 is 16.8. The number of benzene rings is 4. The van der Waals surface area contributed by atoms with Gasteiger partial charge in [0.25, 0.3) is 0 Å². The lowest BCUT2D eigenvalue weighted by molar-refractivity contribution is 0.482. The van der Waals surface area contributed by atoms with E-state index in [1.54, 1.807) is 24.3 Å². The quantitative estimate of drug-likeness (QED) is 0.141. The highest BCUT2D eigenvalue weighted by Gasteiger charge is 2.00. The van der Waals surface area contributed by atoms with Crippen molar-refractivity contribution in [3.63, 3.8) is 0 Å². The van der Waals surface area contributed by atoms with Crippen LogP contribution in [0.1, 0.15) is 0 Å². The number of nitrogen functional groups attached to an aromatic ring is 1. The standard InChI is InChI=1S/C17H13ClN2O.C12H11NO.C5H3Cl2N/c18-16-7-4-8-17(20-16)19-13-9-11-15(12-10-13)21-14-5-2-1-3-6-14;13-10-6-8-12(9-7-10)14-11-4-2-1-3-5-11;6-4-2-1-3-5(7)8-4/h1-12H,(H,19,20);1-9H,13H2;1-3H. The number of nitrogens with one attached hydrogen (secondary N) is 1. The van der Waals surface area contributed by atoms with E-state index in [9.17, 15) is 0 Å². The molecule has 0 saturated carbocycles. The van der Waals surface area contributed by atoms with Gasteiger partial charge in [0.05, 0.1) is 0 Å². The van der Waals surface area contributed by atoms with Crippen LogP contribution in [0.5, 0.6) is 23.0 Å². The molecule has 6 rings (SSSR count). The molecule has 0 aliphatic heterocycles. The van der Waals surface area contributed by atoms with E-state index in [2.05, 4.69) is 15.3 Å². The molecular weight excluding hydrogens is 603 g/mol. The van der Waals surface area contributed by atoms with E-state index in [-0.39, 0.29) is 0 Å². The van der Waals surface area contributed by atoms with Crippen molar-refractivity contribution in [1.29, 1.82) is 0 Å². The third-order valence-corrected chi connectivity index (χ3v) is 5.99. The Kier molecular flexibility index (Phi) is 12.1. The van der Waals surface area contributed by atoms with Crippen LogP contribution < -0.4 is 20.5 Å². The van der Waals surface area contributed by atoms with Crippen molar-refractivity contribution in [3.8, 4) is 23.0 Å². The minimum Gasteiger partial charge on any atom is -0.457 e. The minimum atomic E-state index is 0.428. The smallest absolute Gasteiger partial charge is 0.132 e. The Morgan fingerprint density at radius 2 is 0.860 bits per heavy atom. The first-order chi connectivity index (χ1) is 20.9. The Labute approximate surface area is 265 Å². The number of anilines is 3. The van der Waals surface area contributed by atoms with Gasteiger partial charge in [-0.15, -0.1) is 0 Å². The second kappa shape index (κ2) is 16.6. The maximum Gasteiger partial charge on any atom is 0.132 e. The molecule has 2 aromatic heterocycles. The van der Waals surface area contributed by atoms with Crippen LogP contribution in [-0.4, -0.2) is 9.97 Å². The van der Waals surface area contributed by atoms with Crippen molar-refractivity contribution in [1.82, 2.24) is 9.97 Å². The maximum absolute atomic E-state index is 5.86. The van der Waals surface area contributed by atoms with Gasteiger partial charge in [0.15, 0.2) is 0 Å². The van der Waals surface area contributed by atoms with E-state index in [0.717, 1.165) is 34.4 Å². The van der Waals surface area contributed by atoms with E-state index in [1.807, 2.05) is 121 Å². The van der Waals surface area contributed by atoms with Gasteiger partial charge in [-0.1, -0.05) is 83.3 Å². The number of nitrogens with two attached hydrogens (primary N) is 1. The molecule has 0 fully saturated rings. The highest BCUT2D eigenvalue weighted by atomic mass is 35.5. The highest BCUT2D eigenvalue weighted by Crippen LogP contribution is 2.24. The Morgan fingerprint density at radius 1 is 0.442 bits per heavy atom. The fourth-order valence-corrected chi connectivity index (χ4v) is 3.94. The molecule has 0 bridgehead atoms. The molecule has 9 heteroatoms. The SMILES string of the molecule is Clc1cccc(Cl)n1.Clc1cccc(Nc2ccc(Oc3ccccc3)cc2)n1.Nc1ccc(Oc2ccccc2)cc1. The maximum atomic E-state index is 5.86. The summed E-state index contributed by atoms with van der Waals surface area (Å²) in [7, 11) is 0. The summed E-state index contributed by atoms with van der Waals surface area (Å²) in [6.07, 6.45) is 0. The number of nitrogens with zero attached hydrogens (tertiary/aromatic N) is 2. The molecule has 216 valence electrons. The monoisotopic (exact) mass is 628 g/mol. The molecule has 2 heterocycles. The van der Waals surface area contributed by atoms with E-state index in [4.69, 9.17) is 50.0 Å². The molecule has 0 radical (unpaired) electrons. The Hall–Kier alpha value is -4.75. The van der Waals surface area contributed by atoms with Gasteiger partial charge in [0.1, 0.15) is 44.3 Å². The van der Waals surface area contributed by atoms with Gasteiger partial charge in [-0.3, -0.25) is 0 Å². The Morgan fingerprint density at radius 3 is 1.30 bits per heavy atom. The number of pyridine rings is 2. The second-order valence-corrected chi connectivity index (χ2v) is 9.84. The number of rotatable bonds is 6. The fourth-order valence-electron chi connectivity index (χ4n) is 3.40. The van der Waals surface area contributed by atoms with Crippen LogP contribution >= 0.6 is 34.8 Å². The van der Waals surface area contributed by atoms with Crippen molar-refractivity contribution in [3.05, 3.63) is 161 Å². The van der Waals surface area contributed by atoms with Gasteiger partial charge in [-0.25, -0.2) is 9.97 Å². The van der Waals surface area contributed by atoms with Crippen LogP contribution in [-0.2, 0) is 0 Å². The van der Waals surface area contributed by atoms with Gasteiger partial charge in [-0.05, 0) is 97.1 Å². The zero-order chi connectivity index (χ0) is 30.3. The Balaban J connectivity index is 0.000000165. The molecule has 0 spiro atoms. The van der Waals surface area contributed by atoms with Gasteiger partial charge in [0, 0.05) is 11.4 Å². The van der Waals surface area contributed by atoms with E-state index < -0.39 is 0 Å². The molecule has 43 heavy (non-hydrogen) atoms. The lowest BCUT2D eigenvalue weighted by Crippen LogP contribution is -1.93. The summed E-state index contributed by atoms with van der Waals surface area (Å²) in [5.41, 5.74) is 7.23. The molecule has 3 N–H and O–H groups in total. The molecule has 0 aliphatic rings. The summed E-state index contributed by atoms with van der Waals surface area (Å²) in [5, 5.41) is 4.50. The summed E-state index contributed by atoms with van der Waals surface area (Å²) < 4.78 is 11.3. The molecule has 6 aromatic rings. The molecule has 0 aliphatic carbocycles. The summed E-state index contributed by atoms with van der Waals surface area (Å²) in [6.45, 7) is 0. The van der Waals surface area contributed by atoms with Gasteiger partial charge in [-0.2, -0.15) is 0 Å². The lowest BCUT2D eigenvalue weighted by atomic mass is 10.3. The van der Waals surface area contributed by atoms with Gasteiger partial charge in [0.2, 0.25) is 0 Å². The van der Waals surface area contributed by atoms with Crippen LogP contribution in [0.25, 0.3) is 0 Å². The lowest BCUT2D eigenvalue weighted by Gasteiger charge is -2.08. The van der Waals surface area contributed by atoms with Crippen LogP contribution in [0.15, 0.2) is 146 Å². The predicted molar refractivity (Wildman–Crippen MR) is 177 cm³/mol. The third-order valence-electron chi connectivity index (χ3n) is 5.36. The van der Waals surface area contributed by atoms with Crippen LogP contribution in [0.2, 0.25) is 15.5 Å². The summed E-state index contributed by atoms with van der Waals surface area (Å²) in [4.78, 5) is 7.89. The molecular formula is C34H27Cl3N4O2. The predicted octanol–water partition coefficient (Wildman–Crippen LogP) is 10.7. The van der Waals surface area contributed by atoms with E-state index in [0.29, 0.717) is 21.3 Å². The summed E-state index contributed by atoms with van der Waals surface area (Å²) in [6, 6.07) is 44.9. The van der Waals surface area contributed by atoms with Crippen LogP contribution in [0, 0.1) is 0 Å². The molecule has 6 nitrogen and oxygen atoms in total. The first-order valence-electron chi connectivity index (χ1n) is 13.0. The molecule has 0 saturated heterocycles. The first-order valence-corrected chi connectivity index (χ1v) is 14.2. The fraction of sp³-hybridized carbons (Fsp3) is 0. The van der Waals surface area contributed by atoms with Gasteiger partial charge >= 0.3 is 0 Å². The number of para-hydroxylation sites is 2. The third kappa shape index (κ3) is 11.6. The summed E-state index contributed by atoms with van der Waals surface area (Å²) in [5.74, 6) is 3.93. The number of hydrogen-bond donors (Lipinski definition) is 2. The number of aromatic nitrogens is 2.